The standard InChI is InChI=1S/C14H20BrN5O/c1-4-7-16-14-12(15)10(9-21-3)18-13(19-14)11-6-8-17-20(11)5-2/h6,8H,4-5,7,9H2,1-3H3,(H,16,18,19). The van der Waals surface area contributed by atoms with Crippen molar-refractivity contribution < 1.29 is 4.74 Å². The molecule has 0 spiro atoms. The highest BCUT2D eigenvalue weighted by molar-refractivity contribution is 9.10. The number of anilines is 1. The Morgan fingerprint density at radius 2 is 2.14 bits per heavy atom. The largest absolute Gasteiger partial charge is 0.378 e. The average Bonchev–Trinajstić information content (AvgIpc) is 2.96. The summed E-state index contributed by atoms with van der Waals surface area (Å²) >= 11 is 3.56. The van der Waals surface area contributed by atoms with Crippen LogP contribution in [0, 0.1) is 0 Å². The molecule has 0 aliphatic heterocycles. The first-order valence-corrected chi connectivity index (χ1v) is 7.81. The molecule has 2 aromatic heterocycles. The number of nitrogens with zero attached hydrogens (tertiary/aromatic N) is 4. The van der Waals surface area contributed by atoms with Gasteiger partial charge in [-0.1, -0.05) is 6.92 Å². The van der Waals surface area contributed by atoms with Crippen molar-refractivity contribution in [3.63, 3.8) is 0 Å². The van der Waals surface area contributed by atoms with Crippen LogP contribution in [0.25, 0.3) is 11.5 Å². The monoisotopic (exact) mass is 353 g/mol. The maximum Gasteiger partial charge on any atom is 0.180 e. The maximum atomic E-state index is 5.23. The number of aromatic nitrogens is 4. The first kappa shape index (κ1) is 15.9. The van der Waals surface area contributed by atoms with Crippen molar-refractivity contribution >= 4 is 21.7 Å². The molecule has 0 saturated heterocycles. The van der Waals surface area contributed by atoms with Crippen LogP contribution >= 0.6 is 15.9 Å². The van der Waals surface area contributed by atoms with Crippen molar-refractivity contribution in [3.8, 4) is 11.5 Å². The van der Waals surface area contributed by atoms with Crippen molar-refractivity contribution in [2.75, 3.05) is 19.0 Å². The Morgan fingerprint density at radius 3 is 2.81 bits per heavy atom. The van der Waals surface area contributed by atoms with Crippen LogP contribution in [-0.4, -0.2) is 33.4 Å². The molecule has 2 aromatic rings. The lowest BCUT2D eigenvalue weighted by Gasteiger charge is -2.13. The van der Waals surface area contributed by atoms with Gasteiger partial charge >= 0.3 is 0 Å². The summed E-state index contributed by atoms with van der Waals surface area (Å²) in [4.78, 5) is 9.22. The third-order valence-electron chi connectivity index (χ3n) is 2.99. The molecule has 0 radical (unpaired) electrons. The van der Waals surface area contributed by atoms with Crippen LogP contribution in [0.2, 0.25) is 0 Å². The summed E-state index contributed by atoms with van der Waals surface area (Å²) in [7, 11) is 1.66. The fraction of sp³-hybridized carbons (Fsp3) is 0.500. The van der Waals surface area contributed by atoms with Crippen molar-refractivity contribution in [1.82, 2.24) is 19.7 Å². The van der Waals surface area contributed by atoms with Crippen molar-refractivity contribution in [2.24, 2.45) is 0 Å². The Balaban J connectivity index is 2.47. The fourth-order valence-corrected chi connectivity index (χ4v) is 2.41. The highest BCUT2D eigenvalue weighted by atomic mass is 79.9. The van der Waals surface area contributed by atoms with Gasteiger partial charge in [-0.3, -0.25) is 4.68 Å². The normalized spacial score (nSPS) is 10.9. The summed E-state index contributed by atoms with van der Waals surface area (Å²) in [6.07, 6.45) is 2.79. The third kappa shape index (κ3) is 3.59. The second-order valence-corrected chi connectivity index (χ2v) is 5.34. The molecular formula is C14H20BrN5O. The minimum Gasteiger partial charge on any atom is -0.378 e. The Bertz CT molecular complexity index is 599. The Morgan fingerprint density at radius 1 is 1.33 bits per heavy atom. The van der Waals surface area contributed by atoms with Crippen molar-refractivity contribution in [1.29, 1.82) is 0 Å². The number of aryl methyl sites for hydroxylation is 1. The molecule has 114 valence electrons. The summed E-state index contributed by atoms with van der Waals surface area (Å²) in [5.74, 6) is 1.45. The van der Waals surface area contributed by atoms with Gasteiger partial charge in [-0.2, -0.15) is 5.10 Å². The second-order valence-electron chi connectivity index (χ2n) is 4.55. The second kappa shape index (κ2) is 7.51. The first-order valence-electron chi connectivity index (χ1n) is 7.02. The van der Waals surface area contributed by atoms with Crippen LogP contribution in [0.4, 0.5) is 5.82 Å². The van der Waals surface area contributed by atoms with Gasteiger partial charge in [0, 0.05) is 26.4 Å². The van der Waals surface area contributed by atoms with Gasteiger partial charge in [0.05, 0.1) is 16.8 Å². The molecule has 0 aromatic carbocycles. The van der Waals surface area contributed by atoms with E-state index in [4.69, 9.17) is 4.74 Å². The SMILES string of the molecule is CCCNc1nc(-c2ccnn2CC)nc(COC)c1Br. The first-order chi connectivity index (χ1) is 10.2. The van der Waals surface area contributed by atoms with E-state index in [0.29, 0.717) is 12.4 Å². The van der Waals surface area contributed by atoms with Crippen LogP contribution in [0.3, 0.4) is 0 Å². The Labute approximate surface area is 133 Å². The number of methoxy groups -OCH3 is 1. The quantitative estimate of drug-likeness (QED) is 0.828. The lowest BCUT2D eigenvalue weighted by Crippen LogP contribution is -2.09. The van der Waals surface area contributed by atoms with Gasteiger partial charge in [-0.25, -0.2) is 9.97 Å². The number of nitrogens with one attached hydrogen (secondary N) is 1. The van der Waals surface area contributed by atoms with Crippen molar-refractivity contribution in [3.05, 3.63) is 22.4 Å². The van der Waals surface area contributed by atoms with Gasteiger partial charge in [0.1, 0.15) is 11.5 Å². The van der Waals surface area contributed by atoms with Crippen molar-refractivity contribution in [2.45, 2.75) is 33.4 Å². The van der Waals surface area contributed by atoms with E-state index >= 15 is 0 Å². The molecule has 0 fully saturated rings. The predicted molar refractivity (Wildman–Crippen MR) is 86.1 cm³/mol. The number of ether oxygens (including phenoxy) is 1. The molecule has 7 heteroatoms. The highest BCUT2D eigenvalue weighted by Gasteiger charge is 2.15. The average molecular weight is 354 g/mol. The Kier molecular flexibility index (Phi) is 5.69. The van der Waals surface area contributed by atoms with Gasteiger partial charge in [-0.05, 0) is 35.3 Å². The summed E-state index contributed by atoms with van der Waals surface area (Å²) < 4.78 is 7.96. The van der Waals surface area contributed by atoms with E-state index in [0.717, 1.165) is 41.2 Å². The van der Waals surface area contributed by atoms with E-state index in [1.54, 1.807) is 13.3 Å². The van der Waals surface area contributed by atoms with Gasteiger partial charge in [-0.15, -0.1) is 0 Å². The molecule has 1 N–H and O–H groups in total. The van der Waals surface area contributed by atoms with Gasteiger partial charge in [0.2, 0.25) is 0 Å². The minimum atomic E-state index is 0.428. The number of rotatable bonds is 7. The molecule has 0 amide bonds. The molecule has 0 atom stereocenters. The van der Waals surface area contributed by atoms with E-state index in [-0.39, 0.29) is 0 Å². The van der Waals surface area contributed by atoms with E-state index in [9.17, 15) is 0 Å². The van der Waals surface area contributed by atoms with E-state index in [2.05, 4.69) is 43.2 Å². The van der Waals surface area contributed by atoms with Crippen LogP contribution in [0.1, 0.15) is 26.0 Å². The lowest BCUT2D eigenvalue weighted by atomic mass is 10.3. The summed E-state index contributed by atoms with van der Waals surface area (Å²) in [6.45, 7) is 6.22. The van der Waals surface area contributed by atoms with Gasteiger partial charge in [0.15, 0.2) is 5.82 Å². The molecule has 6 nitrogen and oxygen atoms in total. The molecule has 0 unspecified atom stereocenters. The minimum absolute atomic E-state index is 0.428. The molecule has 0 bridgehead atoms. The zero-order chi connectivity index (χ0) is 15.2. The van der Waals surface area contributed by atoms with Crippen LogP contribution < -0.4 is 5.32 Å². The molecule has 0 aliphatic carbocycles. The van der Waals surface area contributed by atoms with Gasteiger partial charge in [0.25, 0.3) is 0 Å². The van der Waals surface area contributed by atoms with Crippen LogP contribution in [0.5, 0.6) is 0 Å². The molecule has 2 rings (SSSR count). The Hall–Kier alpha value is -1.47. The summed E-state index contributed by atoms with van der Waals surface area (Å²) in [5, 5.41) is 7.59. The smallest absolute Gasteiger partial charge is 0.180 e. The molecular weight excluding hydrogens is 334 g/mol. The zero-order valence-corrected chi connectivity index (χ0v) is 14.1. The number of hydrogen-bond acceptors (Lipinski definition) is 5. The summed E-state index contributed by atoms with van der Waals surface area (Å²) in [5.41, 5.74) is 1.73. The maximum absolute atomic E-state index is 5.23. The third-order valence-corrected chi connectivity index (χ3v) is 3.82. The van der Waals surface area contributed by atoms with Crippen LogP contribution in [-0.2, 0) is 17.9 Å². The lowest BCUT2D eigenvalue weighted by molar-refractivity contribution is 0.181. The number of halogens is 1. The van der Waals surface area contributed by atoms with E-state index in [1.807, 2.05) is 17.7 Å². The predicted octanol–water partition coefficient (Wildman–Crippen LogP) is 3.09. The zero-order valence-electron chi connectivity index (χ0n) is 12.6. The molecule has 0 saturated carbocycles. The van der Waals surface area contributed by atoms with E-state index < -0.39 is 0 Å². The van der Waals surface area contributed by atoms with Gasteiger partial charge < -0.3 is 10.1 Å². The topological polar surface area (TPSA) is 64.9 Å². The number of hydrogen-bond donors (Lipinski definition) is 1. The molecule has 21 heavy (non-hydrogen) atoms. The van der Waals surface area contributed by atoms with E-state index in [1.165, 1.54) is 0 Å². The highest BCUT2D eigenvalue weighted by Crippen LogP contribution is 2.27. The van der Waals surface area contributed by atoms with Crippen LogP contribution in [0.15, 0.2) is 16.7 Å². The summed E-state index contributed by atoms with van der Waals surface area (Å²) in [6, 6.07) is 1.92. The molecule has 0 aliphatic rings. The molecule has 2 heterocycles. The fourth-order valence-electron chi connectivity index (χ4n) is 1.98.